The van der Waals surface area contributed by atoms with Gasteiger partial charge in [0.1, 0.15) is 0 Å². The van der Waals surface area contributed by atoms with E-state index in [2.05, 4.69) is 16.8 Å². The van der Waals surface area contributed by atoms with Crippen LogP contribution in [0.3, 0.4) is 0 Å². The maximum absolute atomic E-state index is 12.1. The van der Waals surface area contributed by atoms with Gasteiger partial charge in [-0.05, 0) is 19.5 Å². The van der Waals surface area contributed by atoms with E-state index >= 15 is 0 Å². The second kappa shape index (κ2) is 9.35. The number of hydrogen-bond acceptors (Lipinski definition) is 3. The number of carbonyl (C=O) groups is 1. The van der Waals surface area contributed by atoms with Gasteiger partial charge in [-0.1, -0.05) is 24.3 Å². The zero-order valence-electron chi connectivity index (χ0n) is 12.2. The Morgan fingerprint density at radius 1 is 1.10 bits per heavy atom. The van der Waals surface area contributed by atoms with Gasteiger partial charge in [0.15, 0.2) is 5.78 Å². The third-order valence-electron chi connectivity index (χ3n) is 3.70. The van der Waals surface area contributed by atoms with Crippen molar-refractivity contribution in [2.45, 2.75) is 13.3 Å². The number of likely N-dealkylation sites (N-methyl/N-ethyl adjacent to an activating group) is 1. The van der Waals surface area contributed by atoms with Crippen LogP contribution in [0.2, 0.25) is 0 Å². The van der Waals surface area contributed by atoms with E-state index in [1.165, 1.54) is 0 Å². The van der Waals surface area contributed by atoms with E-state index in [4.69, 9.17) is 0 Å². The molecule has 0 bridgehead atoms. The summed E-state index contributed by atoms with van der Waals surface area (Å²) in [4.78, 5) is 16.9. The second-order valence-electron chi connectivity index (χ2n) is 5.13. The lowest BCUT2D eigenvalue weighted by Gasteiger charge is -2.32. The van der Waals surface area contributed by atoms with Crippen molar-refractivity contribution in [1.82, 2.24) is 9.80 Å². The molecule has 3 nitrogen and oxygen atoms in total. The lowest BCUT2D eigenvalue weighted by atomic mass is 10.0. The molecule has 0 radical (unpaired) electrons. The van der Waals surface area contributed by atoms with Crippen molar-refractivity contribution in [3.05, 3.63) is 35.4 Å². The predicted octanol–water partition coefficient (Wildman–Crippen LogP) is 2.66. The third kappa shape index (κ3) is 5.41. The largest absolute Gasteiger partial charge is 0.304 e. The molecule has 1 fully saturated rings. The highest BCUT2D eigenvalue weighted by Crippen LogP contribution is 2.10. The fourth-order valence-corrected chi connectivity index (χ4v) is 2.35. The number of halogens is 2. The molecular formula is C15H24Cl2N2O. The Balaban J connectivity index is 0.00000180. The van der Waals surface area contributed by atoms with Crippen LogP contribution in [0.4, 0.5) is 0 Å². The highest BCUT2D eigenvalue weighted by Gasteiger charge is 2.15. The lowest BCUT2D eigenvalue weighted by Crippen LogP contribution is -2.45. The van der Waals surface area contributed by atoms with Crippen LogP contribution in [0.1, 0.15) is 22.3 Å². The molecule has 0 aromatic heterocycles. The molecule has 0 spiro atoms. The van der Waals surface area contributed by atoms with Crippen LogP contribution in [-0.4, -0.2) is 55.4 Å². The molecule has 0 aliphatic carbocycles. The molecule has 0 unspecified atom stereocenters. The number of piperazine rings is 1. The Hall–Kier alpha value is -0.610. The molecule has 0 N–H and O–H groups in total. The summed E-state index contributed by atoms with van der Waals surface area (Å²) in [7, 11) is 2.15. The fourth-order valence-electron chi connectivity index (χ4n) is 2.35. The summed E-state index contributed by atoms with van der Waals surface area (Å²) in [6, 6.07) is 7.85. The van der Waals surface area contributed by atoms with Crippen molar-refractivity contribution in [2.24, 2.45) is 0 Å². The number of ketones is 1. The summed E-state index contributed by atoms with van der Waals surface area (Å²) in [5.74, 6) is 0.270. The van der Waals surface area contributed by atoms with Crippen LogP contribution in [-0.2, 0) is 0 Å². The number of benzene rings is 1. The highest BCUT2D eigenvalue weighted by molar-refractivity contribution is 5.97. The van der Waals surface area contributed by atoms with Gasteiger partial charge >= 0.3 is 0 Å². The van der Waals surface area contributed by atoms with E-state index < -0.39 is 0 Å². The Bertz CT molecular complexity index is 418. The van der Waals surface area contributed by atoms with E-state index in [0.717, 1.165) is 43.9 Å². The monoisotopic (exact) mass is 318 g/mol. The first-order valence-electron chi connectivity index (χ1n) is 6.66. The second-order valence-corrected chi connectivity index (χ2v) is 5.13. The van der Waals surface area contributed by atoms with Crippen LogP contribution in [0.25, 0.3) is 0 Å². The van der Waals surface area contributed by atoms with E-state index in [9.17, 15) is 4.79 Å². The minimum absolute atomic E-state index is 0. The molecule has 1 aromatic rings. The van der Waals surface area contributed by atoms with Gasteiger partial charge in [-0.3, -0.25) is 4.79 Å². The maximum Gasteiger partial charge on any atom is 0.164 e. The molecule has 1 heterocycles. The van der Waals surface area contributed by atoms with Gasteiger partial charge in [0.05, 0.1) is 0 Å². The predicted molar refractivity (Wildman–Crippen MR) is 88.6 cm³/mol. The third-order valence-corrected chi connectivity index (χ3v) is 3.70. The topological polar surface area (TPSA) is 23.6 Å². The molecule has 0 amide bonds. The molecule has 1 aliphatic rings. The molecule has 2 rings (SSSR count). The van der Waals surface area contributed by atoms with Gasteiger partial charge in [0.2, 0.25) is 0 Å². The van der Waals surface area contributed by atoms with E-state index in [-0.39, 0.29) is 30.6 Å². The molecule has 0 saturated carbocycles. The normalized spacial score (nSPS) is 16.1. The number of Topliss-reactive ketones (excluding diaryl/α,β-unsaturated/α-hetero) is 1. The maximum atomic E-state index is 12.1. The van der Waals surface area contributed by atoms with Gasteiger partial charge in [-0.15, -0.1) is 24.8 Å². The standard InChI is InChI=1S/C15H22N2O.2ClH/c1-13-5-3-4-6-14(13)15(18)7-8-17-11-9-16(2)10-12-17;;/h3-6H,7-12H2,1-2H3;2*1H. The lowest BCUT2D eigenvalue weighted by molar-refractivity contribution is 0.0941. The van der Waals surface area contributed by atoms with Crippen molar-refractivity contribution in [1.29, 1.82) is 0 Å². The first-order valence-corrected chi connectivity index (χ1v) is 6.66. The van der Waals surface area contributed by atoms with Gasteiger partial charge in [0, 0.05) is 44.7 Å². The van der Waals surface area contributed by atoms with E-state index in [1.807, 2.05) is 31.2 Å². The van der Waals surface area contributed by atoms with Gasteiger partial charge in [0.25, 0.3) is 0 Å². The molecular weight excluding hydrogens is 295 g/mol. The minimum Gasteiger partial charge on any atom is -0.304 e. The average Bonchev–Trinajstić information content (AvgIpc) is 2.38. The minimum atomic E-state index is 0. The molecule has 1 aliphatic heterocycles. The summed E-state index contributed by atoms with van der Waals surface area (Å²) in [5, 5.41) is 0. The van der Waals surface area contributed by atoms with Crippen LogP contribution in [0.5, 0.6) is 0 Å². The number of carbonyl (C=O) groups excluding carboxylic acids is 1. The Morgan fingerprint density at radius 2 is 1.70 bits per heavy atom. The molecule has 0 atom stereocenters. The van der Waals surface area contributed by atoms with E-state index in [0.29, 0.717) is 6.42 Å². The van der Waals surface area contributed by atoms with Crippen molar-refractivity contribution >= 4 is 30.6 Å². The summed E-state index contributed by atoms with van der Waals surface area (Å²) in [5.41, 5.74) is 1.97. The smallest absolute Gasteiger partial charge is 0.164 e. The van der Waals surface area contributed by atoms with Crippen molar-refractivity contribution in [2.75, 3.05) is 39.8 Å². The quantitative estimate of drug-likeness (QED) is 0.797. The Labute approximate surface area is 134 Å². The highest BCUT2D eigenvalue weighted by atomic mass is 35.5. The number of nitrogens with zero attached hydrogens (tertiary/aromatic N) is 2. The summed E-state index contributed by atoms with van der Waals surface area (Å²) >= 11 is 0. The fraction of sp³-hybridized carbons (Fsp3) is 0.533. The molecule has 114 valence electrons. The summed E-state index contributed by atoms with van der Waals surface area (Å²) < 4.78 is 0. The van der Waals surface area contributed by atoms with Gasteiger partial charge < -0.3 is 9.80 Å². The Morgan fingerprint density at radius 3 is 2.30 bits per heavy atom. The molecule has 1 saturated heterocycles. The van der Waals surface area contributed by atoms with Crippen LogP contribution in [0, 0.1) is 6.92 Å². The van der Waals surface area contributed by atoms with Crippen LogP contribution >= 0.6 is 24.8 Å². The van der Waals surface area contributed by atoms with Crippen molar-refractivity contribution in [3.8, 4) is 0 Å². The SMILES string of the molecule is Cc1ccccc1C(=O)CCN1CCN(C)CC1.Cl.Cl. The first kappa shape index (κ1) is 19.4. The number of hydrogen-bond donors (Lipinski definition) is 0. The zero-order valence-corrected chi connectivity index (χ0v) is 13.8. The Kier molecular flexibility index (Phi) is 9.06. The van der Waals surface area contributed by atoms with Gasteiger partial charge in [-0.25, -0.2) is 0 Å². The molecule has 5 heteroatoms. The first-order chi connectivity index (χ1) is 8.66. The van der Waals surface area contributed by atoms with Crippen LogP contribution in [0.15, 0.2) is 24.3 Å². The summed E-state index contributed by atoms with van der Waals surface area (Å²) in [6.45, 7) is 7.27. The van der Waals surface area contributed by atoms with Crippen molar-refractivity contribution < 1.29 is 4.79 Å². The summed E-state index contributed by atoms with van der Waals surface area (Å²) in [6.07, 6.45) is 0.633. The molecule has 20 heavy (non-hydrogen) atoms. The zero-order chi connectivity index (χ0) is 13.0. The molecule has 1 aromatic carbocycles. The van der Waals surface area contributed by atoms with E-state index in [1.54, 1.807) is 0 Å². The number of aryl methyl sites for hydroxylation is 1. The average molecular weight is 319 g/mol. The van der Waals surface area contributed by atoms with Crippen LogP contribution < -0.4 is 0 Å². The van der Waals surface area contributed by atoms with Crippen molar-refractivity contribution in [3.63, 3.8) is 0 Å². The van der Waals surface area contributed by atoms with Gasteiger partial charge in [-0.2, -0.15) is 0 Å². The number of rotatable bonds is 4.